The first-order valence-electron chi connectivity index (χ1n) is 18.1. The molecule has 2 aliphatic heterocycles. The third kappa shape index (κ3) is 13.2. The van der Waals surface area contributed by atoms with Crippen LogP contribution < -0.4 is 10.6 Å². The Balaban J connectivity index is 1.41. The summed E-state index contributed by atoms with van der Waals surface area (Å²) in [6.45, 7) is 9.69. The van der Waals surface area contributed by atoms with Crippen LogP contribution in [-0.4, -0.2) is 157 Å². The van der Waals surface area contributed by atoms with Crippen LogP contribution in [0, 0.1) is 0 Å². The number of aliphatic imine (C=N–C) groups is 1. The number of amides is 1. The fourth-order valence-corrected chi connectivity index (χ4v) is 6.84. The van der Waals surface area contributed by atoms with Crippen LogP contribution in [-0.2, 0) is 25.7 Å². The molecule has 1 fully saturated rings. The van der Waals surface area contributed by atoms with Gasteiger partial charge >= 0.3 is 17.9 Å². The maximum absolute atomic E-state index is 13.2. The smallest absolute Gasteiger partial charge is 0.317 e. The molecule has 0 aliphatic carbocycles. The van der Waals surface area contributed by atoms with Gasteiger partial charge in [-0.2, -0.15) is 0 Å². The molecule has 0 saturated carbocycles. The summed E-state index contributed by atoms with van der Waals surface area (Å²) in [7, 11) is 0. The Bertz CT molecular complexity index is 1630. The molecule has 0 atom stereocenters. The number of allylic oxidation sites excluding steroid dienone is 2. The standard InChI is InChI=1S/C39H53N7O7/c1-29-32-11-5-6-13-34(32)42-24-30-9-3-4-12-33(30)39(29)31(23-40-2)10-7-8-14-41-35(47)25-43-15-17-44(26-36(48)49)19-21-46(28-38(52)53)22-20-45(18-16-43)27-37(50)51/h3-6,9-13,42H,2,7-8,14-28H2,1H3,(H,41,47)(H,48,49)(H,50,51)(H,52,53)/b31-10-,39-29-. The molecule has 5 N–H and O–H groups in total. The second-order valence-corrected chi connectivity index (χ2v) is 13.4. The number of carbonyl (C=O) groups is 4. The second-order valence-electron chi connectivity index (χ2n) is 13.4. The van der Waals surface area contributed by atoms with E-state index in [2.05, 4.69) is 65.7 Å². The lowest BCUT2D eigenvalue weighted by molar-refractivity contribution is -0.140. The first-order chi connectivity index (χ1) is 25.5. The van der Waals surface area contributed by atoms with Crippen LogP contribution in [0.25, 0.3) is 11.1 Å². The number of para-hydroxylation sites is 1. The molecule has 0 unspecified atom stereocenters. The molecular weight excluding hydrogens is 678 g/mol. The van der Waals surface area contributed by atoms with Crippen molar-refractivity contribution >= 4 is 47.4 Å². The van der Waals surface area contributed by atoms with Crippen molar-refractivity contribution < 1.29 is 34.5 Å². The Morgan fingerprint density at radius 1 is 0.755 bits per heavy atom. The number of carboxylic acid groups (broad SMARTS) is 3. The summed E-state index contributed by atoms with van der Waals surface area (Å²) in [6.07, 6.45) is 3.60. The van der Waals surface area contributed by atoms with E-state index in [0.29, 0.717) is 84.8 Å². The summed E-state index contributed by atoms with van der Waals surface area (Å²) in [4.78, 5) is 59.2. The Hall–Kier alpha value is -4.89. The van der Waals surface area contributed by atoms with Gasteiger partial charge in [-0.3, -0.25) is 43.8 Å². The average Bonchev–Trinajstić information content (AvgIpc) is 3.11. The SMILES string of the molecule is C=NCC(=C/CCCNC(=O)CN1CCN(CC(=O)O)CCN(CC(=O)O)CCN(CC(=O)O)CC1)/C1=C(\C)c2ccccc2NCc2ccccc21. The number of nitrogens with one attached hydrogen (secondary N) is 2. The van der Waals surface area contributed by atoms with Crippen molar-refractivity contribution in [1.29, 1.82) is 0 Å². The van der Waals surface area contributed by atoms with Gasteiger partial charge in [0.15, 0.2) is 0 Å². The number of hydrogen-bond acceptors (Lipinski definition) is 10. The average molecular weight is 732 g/mol. The third-order valence-electron chi connectivity index (χ3n) is 9.53. The van der Waals surface area contributed by atoms with Gasteiger partial charge in [0.25, 0.3) is 0 Å². The van der Waals surface area contributed by atoms with Crippen molar-refractivity contribution in [3.05, 3.63) is 76.9 Å². The number of nitrogens with zero attached hydrogens (tertiary/aromatic N) is 5. The number of carboxylic acids is 3. The number of benzene rings is 2. The predicted octanol–water partition coefficient (Wildman–Crippen LogP) is 2.54. The monoisotopic (exact) mass is 731 g/mol. The van der Waals surface area contributed by atoms with E-state index in [4.69, 9.17) is 0 Å². The topological polar surface area (TPSA) is 178 Å². The summed E-state index contributed by atoms with van der Waals surface area (Å²) in [6, 6.07) is 16.7. The van der Waals surface area contributed by atoms with E-state index in [1.807, 2.05) is 23.1 Å². The highest BCUT2D eigenvalue weighted by molar-refractivity contribution is 6.01. The van der Waals surface area contributed by atoms with Crippen LogP contribution in [0.5, 0.6) is 0 Å². The number of aliphatic carboxylic acids is 3. The lowest BCUT2D eigenvalue weighted by Crippen LogP contribution is -2.49. The molecule has 14 nitrogen and oxygen atoms in total. The van der Waals surface area contributed by atoms with Crippen molar-refractivity contribution in [3.63, 3.8) is 0 Å². The van der Waals surface area contributed by atoms with Gasteiger partial charge in [0.1, 0.15) is 0 Å². The number of rotatable bonds is 15. The largest absolute Gasteiger partial charge is 0.480 e. The molecule has 0 aromatic heterocycles. The van der Waals surface area contributed by atoms with Crippen LogP contribution in [0.2, 0.25) is 0 Å². The van der Waals surface area contributed by atoms with Crippen molar-refractivity contribution in [2.45, 2.75) is 26.3 Å². The lowest BCUT2D eigenvalue weighted by Gasteiger charge is -2.32. The summed E-state index contributed by atoms with van der Waals surface area (Å²) in [5, 5.41) is 34.9. The van der Waals surface area contributed by atoms with E-state index in [9.17, 15) is 34.5 Å². The molecule has 0 spiro atoms. The zero-order valence-corrected chi connectivity index (χ0v) is 30.6. The van der Waals surface area contributed by atoms with Crippen LogP contribution in [0.15, 0.2) is 65.2 Å². The number of fused-ring (bicyclic) bond motifs is 2. The second kappa shape index (κ2) is 21.0. The van der Waals surface area contributed by atoms with Crippen molar-refractivity contribution in [3.8, 4) is 0 Å². The van der Waals surface area contributed by atoms with E-state index < -0.39 is 17.9 Å². The molecular formula is C39H53N7O7. The van der Waals surface area contributed by atoms with E-state index in [-0.39, 0.29) is 32.1 Å². The molecule has 286 valence electrons. The molecule has 2 aromatic carbocycles. The van der Waals surface area contributed by atoms with E-state index in [0.717, 1.165) is 33.5 Å². The number of unbranched alkanes of at least 4 members (excludes halogenated alkanes) is 1. The molecule has 0 radical (unpaired) electrons. The molecule has 1 amide bonds. The highest BCUT2D eigenvalue weighted by atomic mass is 16.4. The Kier molecular flexibility index (Phi) is 16.2. The number of anilines is 1. The zero-order valence-electron chi connectivity index (χ0n) is 30.6. The fraction of sp³-hybridized carbons (Fsp3) is 0.462. The van der Waals surface area contributed by atoms with Gasteiger partial charge < -0.3 is 26.0 Å². The molecule has 2 aliphatic rings. The highest BCUT2D eigenvalue weighted by Gasteiger charge is 2.22. The molecule has 0 bridgehead atoms. The quantitative estimate of drug-likeness (QED) is 0.134. The van der Waals surface area contributed by atoms with E-state index in [1.54, 1.807) is 14.7 Å². The van der Waals surface area contributed by atoms with Gasteiger partial charge in [0, 0.05) is 76.7 Å². The highest BCUT2D eigenvalue weighted by Crippen LogP contribution is 2.39. The first-order valence-corrected chi connectivity index (χ1v) is 18.1. The molecule has 1 saturated heterocycles. The zero-order chi connectivity index (χ0) is 38.2. The van der Waals surface area contributed by atoms with Crippen LogP contribution in [0.3, 0.4) is 0 Å². The Labute approximate surface area is 311 Å². The van der Waals surface area contributed by atoms with Gasteiger partial charge in [-0.1, -0.05) is 48.5 Å². The van der Waals surface area contributed by atoms with E-state index in [1.165, 1.54) is 5.56 Å². The third-order valence-corrected chi connectivity index (χ3v) is 9.53. The summed E-state index contributed by atoms with van der Waals surface area (Å²) >= 11 is 0. The van der Waals surface area contributed by atoms with Crippen molar-refractivity contribution in [2.75, 3.05) is 96.9 Å². The minimum absolute atomic E-state index is 0.0742. The number of hydrogen-bond donors (Lipinski definition) is 5. The minimum Gasteiger partial charge on any atom is -0.480 e. The first kappa shape index (κ1) is 40.9. The molecule has 2 heterocycles. The normalized spacial score (nSPS) is 18.5. The van der Waals surface area contributed by atoms with Gasteiger partial charge in [-0.05, 0) is 60.4 Å². The van der Waals surface area contributed by atoms with Crippen LogP contribution in [0.1, 0.15) is 36.5 Å². The van der Waals surface area contributed by atoms with Gasteiger partial charge in [0.05, 0.1) is 32.7 Å². The summed E-state index contributed by atoms with van der Waals surface area (Å²) in [5.41, 5.74) is 7.93. The van der Waals surface area contributed by atoms with Gasteiger partial charge in [0.2, 0.25) is 5.91 Å². The Morgan fingerprint density at radius 3 is 1.77 bits per heavy atom. The lowest BCUT2D eigenvalue weighted by atomic mass is 9.85. The maximum atomic E-state index is 13.2. The summed E-state index contributed by atoms with van der Waals surface area (Å²) < 4.78 is 0. The molecule has 53 heavy (non-hydrogen) atoms. The minimum atomic E-state index is -1.01. The van der Waals surface area contributed by atoms with Crippen molar-refractivity contribution in [1.82, 2.24) is 24.9 Å². The van der Waals surface area contributed by atoms with Gasteiger partial charge in [-0.15, -0.1) is 0 Å². The van der Waals surface area contributed by atoms with Gasteiger partial charge in [-0.25, -0.2) is 0 Å². The van der Waals surface area contributed by atoms with Crippen LogP contribution >= 0.6 is 0 Å². The van der Waals surface area contributed by atoms with Crippen molar-refractivity contribution in [2.24, 2.45) is 4.99 Å². The summed E-state index contributed by atoms with van der Waals surface area (Å²) in [5.74, 6) is -3.17. The number of carbonyl (C=O) groups excluding carboxylic acids is 1. The maximum Gasteiger partial charge on any atom is 0.317 e. The molecule has 14 heteroatoms. The fourth-order valence-electron chi connectivity index (χ4n) is 6.84. The van der Waals surface area contributed by atoms with Crippen LogP contribution in [0.4, 0.5) is 5.69 Å². The Morgan fingerprint density at radius 2 is 1.25 bits per heavy atom. The molecule has 4 rings (SSSR count). The molecule has 2 aromatic rings. The predicted molar refractivity (Wildman–Crippen MR) is 206 cm³/mol. The van der Waals surface area contributed by atoms with E-state index >= 15 is 0 Å².